The van der Waals surface area contributed by atoms with E-state index in [-0.39, 0.29) is 63.2 Å². The molecule has 1 rings (SSSR count). The van der Waals surface area contributed by atoms with Crippen molar-refractivity contribution >= 4 is 0 Å². The Bertz CT molecular complexity index is 438. The van der Waals surface area contributed by atoms with E-state index in [4.69, 9.17) is 5.73 Å². The van der Waals surface area contributed by atoms with E-state index in [0.29, 0.717) is 11.8 Å². The second-order valence-corrected chi connectivity index (χ2v) is 5.40. The minimum Gasteiger partial charge on any atom is -0.690 e. The zero-order valence-corrected chi connectivity index (χ0v) is 16.6. The number of nitrogens with zero attached hydrogens (tertiary/aromatic N) is 1. The molecule has 0 bridgehead atoms. The van der Waals surface area contributed by atoms with Crippen molar-refractivity contribution < 1.29 is 55.8 Å². The van der Waals surface area contributed by atoms with E-state index < -0.39 is 0 Å². The molecule has 106 valence electrons. The number of hydrogen-bond acceptors (Lipinski definition) is 1. The number of hydrogen-bond donors (Lipinski definition) is 1. The van der Waals surface area contributed by atoms with Gasteiger partial charge in [0.25, 0.3) is 0 Å². The second kappa shape index (κ2) is 9.33. The molecule has 1 aromatic carbocycles. The topological polar surface area (TPSA) is 40.1 Å². The molecule has 0 saturated heterocycles. The van der Waals surface area contributed by atoms with Crippen molar-refractivity contribution in [2.45, 2.75) is 33.7 Å². The molecule has 2 N–H and O–H groups in total. The molecule has 1 atom stereocenters. The molecule has 0 amide bonds. The smallest absolute Gasteiger partial charge is 0.690 e. The molecular formula is C16H24FKN2. The van der Waals surface area contributed by atoms with Crippen LogP contribution in [0, 0.1) is 17.7 Å². The van der Waals surface area contributed by atoms with Gasteiger partial charge in [0.05, 0.1) is 6.04 Å². The largest absolute Gasteiger partial charge is 1.00 e. The van der Waals surface area contributed by atoms with Crippen LogP contribution in [0.1, 0.15) is 39.3 Å². The fourth-order valence-electron chi connectivity index (χ4n) is 2.38. The summed E-state index contributed by atoms with van der Waals surface area (Å²) in [5.74, 6) is 0.394. The molecule has 4 heteroatoms. The fraction of sp³-hybridized carbons (Fsp3) is 0.500. The molecule has 0 aliphatic carbocycles. The van der Waals surface area contributed by atoms with Gasteiger partial charge in [0.2, 0.25) is 0 Å². The monoisotopic (exact) mass is 302 g/mol. The summed E-state index contributed by atoms with van der Waals surface area (Å²) in [6.45, 7) is 8.46. The Morgan fingerprint density at radius 1 is 1.05 bits per heavy atom. The van der Waals surface area contributed by atoms with E-state index in [0.717, 1.165) is 16.8 Å². The minimum absolute atomic E-state index is 0. The zero-order valence-electron chi connectivity index (χ0n) is 13.4. The molecule has 0 saturated carbocycles. The Labute approximate surface area is 164 Å². The standard InChI is InChI=1S/C16H24FN2.K/c1-10(2)14(16(19-5)11(3)4)15(18)12-6-8-13(17)9-7-12;/h6-11,15H,18H2,1-5H3;/q-1;+1/b16-14-;. The maximum absolute atomic E-state index is 13.0. The first-order chi connectivity index (χ1) is 8.88. The van der Waals surface area contributed by atoms with Crippen molar-refractivity contribution in [3.8, 4) is 0 Å². The van der Waals surface area contributed by atoms with Crippen LogP contribution < -0.4 is 57.1 Å². The number of rotatable bonds is 5. The van der Waals surface area contributed by atoms with Crippen molar-refractivity contribution in [3.05, 3.63) is 52.2 Å². The Kier molecular flexibility index (Phi) is 9.47. The summed E-state index contributed by atoms with van der Waals surface area (Å²) in [7, 11) is 1.80. The molecule has 0 heterocycles. The minimum atomic E-state index is -0.240. The van der Waals surface area contributed by atoms with Crippen LogP contribution >= 0.6 is 0 Å². The molecule has 2 nitrogen and oxygen atoms in total. The summed E-state index contributed by atoms with van der Waals surface area (Å²) < 4.78 is 13.0. The van der Waals surface area contributed by atoms with Crippen LogP contribution in [0.5, 0.6) is 0 Å². The fourth-order valence-corrected chi connectivity index (χ4v) is 2.38. The SMILES string of the molecule is C[N-]/C(=C(/C(C)C)C(N)c1ccc(F)cc1)C(C)C.[K+]. The summed E-state index contributed by atoms with van der Waals surface area (Å²) in [6, 6.07) is 6.16. The first-order valence-electron chi connectivity index (χ1n) is 6.73. The summed E-state index contributed by atoms with van der Waals surface area (Å²) >= 11 is 0. The molecule has 0 spiro atoms. The molecule has 0 fully saturated rings. The quantitative estimate of drug-likeness (QED) is 0.821. The van der Waals surface area contributed by atoms with Crippen LogP contribution in [-0.2, 0) is 0 Å². The molecule has 1 aromatic rings. The summed E-state index contributed by atoms with van der Waals surface area (Å²) in [5.41, 5.74) is 9.46. The predicted molar refractivity (Wildman–Crippen MR) is 79.3 cm³/mol. The van der Waals surface area contributed by atoms with Gasteiger partial charge >= 0.3 is 51.4 Å². The average molecular weight is 302 g/mol. The Morgan fingerprint density at radius 2 is 1.55 bits per heavy atom. The normalized spacial score (nSPS) is 13.8. The maximum Gasteiger partial charge on any atom is 1.00 e. The third-order valence-corrected chi connectivity index (χ3v) is 3.27. The number of nitrogens with two attached hydrogens (primary N) is 1. The maximum atomic E-state index is 13.0. The molecule has 0 aliphatic rings. The van der Waals surface area contributed by atoms with Crippen LogP contribution in [0.3, 0.4) is 0 Å². The van der Waals surface area contributed by atoms with E-state index >= 15 is 0 Å². The van der Waals surface area contributed by atoms with Crippen LogP contribution in [0.25, 0.3) is 5.32 Å². The average Bonchev–Trinajstić information content (AvgIpc) is 2.34. The summed E-state index contributed by atoms with van der Waals surface area (Å²) in [4.78, 5) is 0. The number of halogens is 1. The molecule has 20 heavy (non-hydrogen) atoms. The molecule has 0 aromatic heterocycles. The van der Waals surface area contributed by atoms with Gasteiger partial charge in [-0.05, 0) is 29.5 Å². The Morgan fingerprint density at radius 3 is 1.90 bits per heavy atom. The van der Waals surface area contributed by atoms with Gasteiger partial charge in [-0.3, -0.25) is 0 Å². The summed E-state index contributed by atoms with van der Waals surface area (Å²) in [5, 5.41) is 4.40. The Balaban J connectivity index is 0.00000361. The predicted octanol–water partition coefficient (Wildman–Crippen LogP) is 1.40. The van der Waals surface area contributed by atoms with Gasteiger partial charge in [0.15, 0.2) is 0 Å². The zero-order chi connectivity index (χ0) is 14.6. The van der Waals surface area contributed by atoms with E-state index in [2.05, 4.69) is 33.0 Å². The number of allylic oxidation sites excluding steroid dienone is 1. The van der Waals surface area contributed by atoms with Gasteiger partial charge in [0, 0.05) is 0 Å². The third kappa shape index (κ3) is 5.24. The van der Waals surface area contributed by atoms with E-state index in [9.17, 15) is 4.39 Å². The van der Waals surface area contributed by atoms with Gasteiger partial charge in [-0.2, -0.15) is 5.70 Å². The van der Waals surface area contributed by atoms with Gasteiger partial charge in [0.1, 0.15) is 5.82 Å². The number of benzene rings is 1. The van der Waals surface area contributed by atoms with Crippen LogP contribution in [0.2, 0.25) is 0 Å². The van der Waals surface area contributed by atoms with Crippen LogP contribution in [0.4, 0.5) is 4.39 Å². The van der Waals surface area contributed by atoms with Crippen molar-refractivity contribution in [2.24, 2.45) is 17.6 Å². The molecule has 0 aliphatic heterocycles. The Hall–Kier alpha value is 0.286. The molecule has 1 unspecified atom stereocenters. The van der Waals surface area contributed by atoms with Gasteiger partial charge in [-0.15, -0.1) is 7.05 Å². The van der Waals surface area contributed by atoms with Crippen molar-refractivity contribution in [2.75, 3.05) is 7.05 Å². The second-order valence-electron chi connectivity index (χ2n) is 5.40. The van der Waals surface area contributed by atoms with Crippen molar-refractivity contribution in [1.29, 1.82) is 0 Å². The van der Waals surface area contributed by atoms with Gasteiger partial charge in [-0.1, -0.05) is 45.4 Å². The third-order valence-electron chi connectivity index (χ3n) is 3.27. The van der Waals surface area contributed by atoms with Crippen molar-refractivity contribution in [3.63, 3.8) is 0 Å². The van der Waals surface area contributed by atoms with E-state index in [1.165, 1.54) is 12.1 Å². The molecule has 0 radical (unpaired) electrons. The van der Waals surface area contributed by atoms with Crippen LogP contribution in [-0.4, -0.2) is 7.05 Å². The van der Waals surface area contributed by atoms with Crippen LogP contribution in [0.15, 0.2) is 35.5 Å². The summed E-state index contributed by atoms with van der Waals surface area (Å²) in [6.07, 6.45) is 0. The van der Waals surface area contributed by atoms with E-state index in [1.807, 2.05) is 0 Å². The van der Waals surface area contributed by atoms with E-state index in [1.54, 1.807) is 19.2 Å². The van der Waals surface area contributed by atoms with Crippen molar-refractivity contribution in [1.82, 2.24) is 0 Å². The first-order valence-corrected chi connectivity index (χ1v) is 6.73. The first kappa shape index (κ1) is 20.3. The molecular weight excluding hydrogens is 278 g/mol. The van der Waals surface area contributed by atoms with Gasteiger partial charge < -0.3 is 11.1 Å². The van der Waals surface area contributed by atoms with Gasteiger partial charge in [-0.25, -0.2) is 4.39 Å².